The minimum absolute atomic E-state index is 0.173. The van der Waals surface area contributed by atoms with E-state index in [4.69, 9.17) is 4.52 Å². The highest BCUT2D eigenvalue weighted by Crippen LogP contribution is 2.33. The van der Waals surface area contributed by atoms with Crippen molar-refractivity contribution in [1.29, 1.82) is 0 Å². The Kier molecular flexibility index (Phi) is 2.79. The predicted molar refractivity (Wildman–Crippen MR) is 65.6 cm³/mol. The number of H-pyrrole nitrogens is 1. The van der Waals surface area contributed by atoms with E-state index in [1.54, 1.807) is 7.05 Å². The van der Waals surface area contributed by atoms with Crippen LogP contribution in [0.4, 0.5) is 0 Å². The van der Waals surface area contributed by atoms with E-state index in [0.29, 0.717) is 12.4 Å². The van der Waals surface area contributed by atoms with Crippen LogP contribution in [0, 0.1) is 0 Å². The van der Waals surface area contributed by atoms with Crippen molar-refractivity contribution < 1.29 is 4.52 Å². The molecule has 1 aliphatic rings. The lowest BCUT2D eigenvalue weighted by Gasteiger charge is -2.02. The first-order valence-electron chi connectivity index (χ1n) is 6.02. The average Bonchev–Trinajstić information content (AvgIpc) is 3.10. The third kappa shape index (κ3) is 2.22. The first kappa shape index (κ1) is 11.8. The molecule has 1 fully saturated rings. The second kappa shape index (κ2) is 4.47. The fourth-order valence-electron chi connectivity index (χ4n) is 1.86. The first-order valence-corrected chi connectivity index (χ1v) is 6.02. The number of hydrogen-bond donors (Lipinski definition) is 2. The molecular formula is C11H13N5O3. The van der Waals surface area contributed by atoms with Gasteiger partial charge in [0.15, 0.2) is 0 Å². The van der Waals surface area contributed by atoms with Crippen LogP contribution in [0.1, 0.15) is 24.8 Å². The Morgan fingerprint density at radius 2 is 2.32 bits per heavy atom. The summed E-state index contributed by atoms with van der Waals surface area (Å²) < 4.78 is 6.52. The van der Waals surface area contributed by atoms with Gasteiger partial charge in [-0.3, -0.25) is 14.3 Å². The van der Waals surface area contributed by atoms with Gasteiger partial charge in [-0.05, 0) is 19.9 Å². The molecule has 8 nitrogen and oxygen atoms in total. The minimum Gasteiger partial charge on any atom is -0.338 e. The molecule has 2 aromatic heterocycles. The van der Waals surface area contributed by atoms with E-state index in [0.717, 1.165) is 12.8 Å². The van der Waals surface area contributed by atoms with Gasteiger partial charge in [0.2, 0.25) is 11.7 Å². The van der Waals surface area contributed by atoms with Crippen molar-refractivity contribution in [3.63, 3.8) is 0 Å². The van der Waals surface area contributed by atoms with Gasteiger partial charge >= 0.3 is 5.69 Å². The molecule has 19 heavy (non-hydrogen) atoms. The Labute approximate surface area is 107 Å². The predicted octanol–water partition coefficient (Wildman–Crippen LogP) is -0.359. The summed E-state index contributed by atoms with van der Waals surface area (Å²) >= 11 is 0. The molecule has 100 valence electrons. The highest BCUT2D eigenvalue weighted by atomic mass is 16.5. The molecule has 1 saturated carbocycles. The Hall–Kier alpha value is -2.22. The van der Waals surface area contributed by atoms with Gasteiger partial charge in [-0.25, -0.2) is 4.79 Å². The second-order valence-corrected chi connectivity index (χ2v) is 4.48. The number of nitrogens with one attached hydrogen (secondary N) is 2. The normalized spacial score (nSPS) is 14.8. The van der Waals surface area contributed by atoms with Crippen LogP contribution >= 0.6 is 0 Å². The molecule has 0 saturated heterocycles. The molecule has 2 heterocycles. The highest BCUT2D eigenvalue weighted by Gasteiger charge is 2.26. The van der Waals surface area contributed by atoms with E-state index in [9.17, 15) is 9.59 Å². The molecule has 0 radical (unpaired) electrons. The lowest BCUT2D eigenvalue weighted by atomic mass is 10.3. The fraction of sp³-hybridized carbons (Fsp3) is 0.455. The monoisotopic (exact) mass is 263 g/mol. The number of aromatic amines is 1. The van der Waals surface area contributed by atoms with E-state index >= 15 is 0 Å². The van der Waals surface area contributed by atoms with Crippen LogP contribution in [0.5, 0.6) is 0 Å². The third-order valence-corrected chi connectivity index (χ3v) is 2.95. The molecule has 0 aromatic carbocycles. The van der Waals surface area contributed by atoms with Crippen molar-refractivity contribution in [2.24, 2.45) is 0 Å². The third-order valence-electron chi connectivity index (χ3n) is 2.95. The molecule has 2 N–H and O–H groups in total. The van der Waals surface area contributed by atoms with Crippen molar-refractivity contribution in [2.45, 2.75) is 25.4 Å². The zero-order valence-electron chi connectivity index (χ0n) is 10.3. The van der Waals surface area contributed by atoms with Crippen LogP contribution in [0.25, 0.3) is 11.4 Å². The molecular weight excluding hydrogens is 250 g/mol. The van der Waals surface area contributed by atoms with Crippen LogP contribution in [0.2, 0.25) is 0 Å². The fourth-order valence-corrected chi connectivity index (χ4v) is 1.86. The minimum atomic E-state index is -0.501. The number of nitrogens with zero attached hydrogens (tertiary/aromatic N) is 3. The van der Waals surface area contributed by atoms with E-state index < -0.39 is 11.2 Å². The molecule has 1 aliphatic carbocycles. The van der Waals surface area contributed by atoms with Crippen molar-refractivity contribution in [1.82, 2.24) is 25.0 Å². The Bertz CT molecular complexity index is 710. The van der Waals surface area contributed by atoms with Crippen LogP contribution in [0.15, 0.2) is 20.3 Å². The van der Waals surface area contributed by atoms with Crippen molar-refractivity contribution >= 4 is 0 Å². The molecule has 0 aliphatic heterocycles. The molecule has 0 spiro atoms. The van der Waals surface area contributed by atoms with E-state index in [-0.39, 0.29) is 17.4 Å². The van der Waals surface area contributed by atoms with Crippen LogP contribution < -0.4 is 16.6 Å². The second-order valence-electron chi connectivity index (χ2n) is 4.48. The maximum atomic E-state index is 11.8. The lowest BCUT2D eigenvalue weighted by Crippen LogP contribution is -2.30. The van der Waals surface area contributed by atoms with Gasteiger partial charge in [0.1, 0.15) is 5.56 Å². The van der Waals surface area contributed by atoms with Gasteiger partial charge in [-0.1, -0.05) is 5.16 Å². The molecule has 0 unspecified atom stereocenters. The van der Waals surface area contributed by atoms with Gasteiger partial charge in [0.25, 0.3) is 5.56 Å². The number of aromatic nitrogens is 4. The zero-order valence-corrected chi connectivity index (χ0v) is 10.3. The van der Waals surface area contributed by atoms with Crippen molar-refractivity contribution in [3.05, 3.63) is 32.9 Å². The maximum Gasteiger partial charge on any atom is 0.328 e. The van der Waals surface area contributed by atoms with Crippen molar-refractivity contribution in [3.8, 4) is 11.4 Å². The highest BCUT2D eigenvalue weighted by molar-refractivity contribution is 5.50. The summed E-state index contributed by atoms with van der Waals surface area (Å²) in [5.74, 6) is 0.585. The number of hydrogen-bond acceptors (Lipinski definition) is 6. The zero-order chi connectivity index (χ0) is 13.4. The summed E-state index contributed by atoms with van der Waals surface area (Å²) in [4.78, 5) is 29.8. The maximum absolute atomic E-state index is 11.8. The van der Waals surface area contributed by atoms with Gasteiger partial charge in [-0.2, -0.15) is 4.98 Å². The standard InChI is InChI=1S/C11H13N5O3/c1-12-4-8-13-9(15-19-8)7-5-16(6-2-3-6)11(18)14-10(7)17/h5-6,12H,2-4H2,1H3,(H,14,17,18). The van der Waals surface area contributed by atoms with Crippen molar-refractivity contribution in [2.75, 3.05) is 7.05 Å². The molecule has 3 rings (SSSR count). The summed E-state index contributed by atoms with van der Waals surface area (Å²) in [6.45, 7) is 0.424. The molecule has 0 atom stereocenters. The molecule has 0 bridgehead atoms. The SMILES string of the molecule is CNCc1nc(-c2cn(C3CC3)c(=O)[nH]c2=O)no1. The summed E-state index contributed by atoms with van der Waals surface area (Å²) in [6.07, 6.45) is 3.40. The molecule has 0 amide bonds. The van der Waals surface area contributed by atoms with Crippen LogP contribution in [-0.4, -0.2) is 26.7 Å². The lowest BCUT2D eigenvalue weighted by molar-refractivity contribution is 0.372. The summed E-state index contributed by atoms with van der Waals surface area (Å²) in [7, 11) is 1.75. The van der Waals surface area contributed by atoms with Gasteiger partial charge in [0.05, 0.1) is 6.54 Å². The van der Waals surface area contributed by atoms with Gasteiger partial charge < -0.3 is 9.84 Å². The van der Waals surface area contributed by atoms with Gasteiger partial charge in [0, 0.05) is 12.2 Å². The smallest absolute Gasteiger partial charge is 0.328 e. The van der Waals surface area contributed by atoms with Crippen LogP contribution in [0.3, 0.4) is 0 Å². The van der Waals surface area contributed by atoms with E-state index in [2.05, 4.69) is 20.4 Å². The molecule has 8 heteroatoms. The Balaban J connectivity index is 2.05. The average molecular weight is 263 g/mol. The summed E-state index contributed by atoms with van der Waals surface area (Å²) in [5, 5.41) is 6.63. The van der Waals surface area contributed by atoms with E-state index in [1.165, 1.54) is 10.8 Å². The molecule has 2 aromatic rings. The number of rotatable bonds is 4. The van der Waals surface area contributed by atoms with Gasteiger partial charge in [-0.15, -0.1) is 0 Å². The van der Waals surface area contributed by atoms with E-state index in [1.807, 2.05) is 0 Å². The Morgan fingerprint density at radius 3 is 3.00 bits per heavy atom. The van der Waals surface area contributed by atoms with Crippen LogP contribution in [-0.2, 0) is 6.54 Å². The quantitative estimate of drug-likeness (QED) is 0.780. The summed E-state index contributed by atoms with van der Waals surface area (Å²) in [5.41, 5.74) is -0.647. The largest absolute Gasteiger partial charge is 0.338 e. The Morgan fingerprint density at radius 1 is 1.53 bits per heavy atom. The topological polar surface area (TPSA) is 106 Å². The summed E-state index contributed by atoms with van der Waals surface area (Å²) in [6, 6.07) is 0.173. The first-order chi connectivity index (χ1) is 9.19.